The summed E-state index contributed by atoms with van der Waals surface area (Å²) in [7, 11) is 0. The molecule has 0 heterocycles. The number of rotatable bonds is 13. The molecule has 0 aliphatic carbocycles. The number of anilines is 2. The van der Waals surface area contributed by atoms with Crippen molar-refractivity contribution in [2.75, 3.05) is 10.6 Å². The lowest BCUT2D eigenvalue weighted by molar-refractivity contribution is -0.116. The first kappa shape index (κ1) is 36.4. The summed E-state index contributed by atoms with van der Waals surface area (Å²) in [6.07, 6.45) is 1.70. The highest BCUT2D eigenvalue weighted by Gasteiger charge is 2.25. The van der Waals surface area contributed by atoms with Crippen LogP contribution >= 0.6 is 11.8 Å². The number of amides is 3. The molecule has 0 bridgehead atoms. The van der Waals surface area contributed by atoms with Gasteiger partial charge in [0.1, 0.15) is 23.7 Å². The number of thioether (sulfide) groups is 1. The zero-order valence-corrected chi connectivity index (χ0v) is 27.9. The molecule has 12 heteroatoms. The number of carbonyl (C=O) groups is 3. The Kier molecular flexibility index (Phi) is 12.3. The number of benzene rings is 5. The highest BCUT2D eigenvalue weighted by molar-refractivity contribution is 8.00. The van der Waals surface area contributed by atoms with Gasteiger partial charge in [0, 0.05) is 22.2 Å². The zero-order chi connectivity index (χ0) is 36.3. The van der Waals surface area contributed by atoms with Crippen LogP contribution in [0.1, 0.15) is 34.8 Å². The molecule has 0 aliphatic rings. The van der Waals surface area contributed by atoms with Gasteiger partial charge in [-0.15, -0.1) is 11.8 Å². The molecule has 0 aromatic heterocycles. The SMILES string of the molecule is CCC(Sc1cccc(NC(=O)/C(=C\c2ccc(OCc3ccccc3)cc2)NC(=O)c2ccccc2)c1)C(=O)Nc1c(F)c(F)cc(F)c1F. The van der Waals surface area contributed by atoms with Gasteiger partial charge in [0.25, 0.3) is 11.8 Å². The van der Waals surface area contributed by atoms with Crippen LogP contribution in [0.15, 0.2) is 126 Å². The number of nitrogens with one attached hydrogen (secondary N) is 3. The first-order valence-electron chi connectivity index (χ1n) is 15.7. The van der Waals surface area contributed by atoms with Crippen molar-refractivity contribution < 1.29 is 36.7 Å². The molecule has 5 aromatic carbocycles. The van der Waals surface area contributed by atoms with Gasteiger partial charge < -0.3 is 20.7 Å². The fourth-order valence-corrected chi connectivity index (χ4v) is 5.74. The van der Waals surface area contributed by atoms with Gasteiger partial charge in [-0.3, -0.25) is 14.4 Å². The quantitative estimate of drug-likeness (QED) is 0.0491. The minimum Gasteiger partial charge on any atom is -0.489 e. The van der Waals surface area contributed by atoms with Crippen LogP contribution in [0.25, 0.3) is 6.08 Å². The minimum atomic E-state index is -1.72. The molecule has 0 saturated carbocycles. The summed E-state index contributed by atoms with van der Waals surface area (Å²) >= 11 is 1.01. The van der Waals surface area contributed by atoms with E-state index in [0.717, 1.165) is 17.3 Å². The van der Waals surface area contributed by atoms with Gasteiger partial charge in [-0.1, -0.05) is 73.7 Å². The molecule has 0 radical (unpaired) electrons. The van der Waals surface area contributed by atoms with E-state index in [4.69, 9.17) is 4.74 Å². The second kappa shape index (κ2) is 17.2. The Morgan fingerprint density at radius 2 is 1.41 bits per heavy atom. The predicted octanol–water partition coefficient (Wildman–Crippen LogP) is 8.74. The third-order valence-corrected chi connectivity index (χ3v) is 8.72. The maximum Gasteiger partial charge on any atom is 0.272 e. The van der Waals surface area contributed by atoms with Crippen molar-refractivity contribution >= 4 is 46.9 Å². The number of hydrogen-bond donors (Lipinski definition) is 3. The van der Waals surface area contributed by atoms with E-state index in [1.807, 2.05) is 35.6 Å². The molecule has 3 N–H and O–H groups in total. The monoisotopic (exact) mass is 713 g/mol. The predicted molar refractivity (Wildman–Crippen MR) is 189 cm³/mol. The summed E-state index contributed by atoms with van der Waals surface area (Å²) < 4.78 is 61.6. The number of ether oxygens (including phenoxy) is 1. The summed E-state index contributed by atoms with van der Waals surface area (Å²) in [5.41, 5.74) is 0.984. The average Bonchev–Trinajstić information content (AvgIpc) is 3.15. The molecule has 0 spiro atoms. The lowest BCUT2D eigenvalue weighted by Gasteiger charge is -2.17. The van der Waals surface area contributed by atoms with Gasteiger partial charge in [-0.25, -0.2) is 17.6 Å². The molecule has 7 nitrogen and oxygen atoms in total. The Hall–Kier alpha value is -5.88. The van der Waals surface area contributed by atoms with Crippen molar-refractivity contribution in [2.24, 2.45) is 0 Å². The molecule has 1 unspecified atom stereocenters. The van der Waals surface area contributed by atoms with Crippen LogP contribution in [0.2, 0.25) is 0 Å². The van der Waals surface area contributed by atoms with E-state index in [0.29, 0.717) is 34.1 Å². The summed E-state index contributed by atoms with van der Waals surface area (Å²) in [6, 6.07) is 31.5. The molecule has 0 fully saturated rings. The van der Waals surface area contributed by atoms with Gasteiger partial charge in [0.2, 0.25) is 5.91 Å². The molecule has 5 rings (SSSR count). The zero-order valence-electron chi connectivity index (χ0n) is 27.1. The van der Waals surface area contributed by atoms with Gasteiger partial charge in [0.05, 0.1) is 5.25 Å². The second-order valence-electron chi connectivity index (χ2n) is 11.1. The first-order valence-corrected chi connectivity index (χ1v) is 16.6. The number of hydrogen-bond acceptors (Lipinski definition) is 5. The van der Waals surface area contributed by atoms with Gasteiger partial charge in [-0.2, -0.15) is 0 Å². The molecule has 260 valence electrons. The molecule has 1 atom stereocenters. The Labute approximate surface area is 295 Å². The Bertz CT molecular complexity index is 2020. The van der Waals surface area contributed by atoms with Gasteiger partial charge in [-0.05, 0) is 66.1 Å². The van der Waals surface area contributed by atoms with Crippen molar-refractivity contribution in [3.8, 4) is 5.75 Å². The topological polar surface area (TPSA) is 96.5 Å². The van der Waals surface area contributed by atoms with Crippen LogP contribution in [0.3, 0.4) is 0 Å². The van der Waals surface area contributed by atoms with Crippen molar-refractivity contribution in [1.29, 1.82) is 0 Å². The van der Waals surface area contributed by atoms with Crippen molar-refractivity contribution in [1.82, 2.24) is 5.32 Å². The fraction of sp³-hybridized carbons (Fsp3) is 0.103. The van der Waals surface area contributed by atoms with Crippen LogP contribution in [0, 0.1) is 23.3 Å². The van der Waals surface area contributed by atoms with Gasteiger partial charge >= 0.3 is 0 Å². The van der Waals surface area contributed by atoms with E-state index >= 15 is 0 Å². The normalized spacial score (nSPS) is 11.7. The maximum absolute atomic E-state index is 14.2. The van der Waals surface area contributed by atoms with E-state index < -0.39 is 51.9 Å². The summed E-state index contributed by atoms with van der Waals surface area (Å²) in [6.45, 7) is 2.03. The third-order valence-electron chi connectivity index (χ3n) is 7.36. The first-order chi connectivity index (χ1) is 24.6. The molecule has 0 saturated heterocycles. The molecular weight excluding hydrogens is 683 g/mol. The van der Waals surface area contributed by atoms with Gasteiger partial charge in [0.15, 0.2) is 23.3 Å². The fourth-order valence-electron chi connectivity index (χ4n) is 4.73. The van der Waals surface area contributed by atoms with E-state index in [2.05, 4.69) is 10.6 Å². The van der Waals surface area contributed by atoms with E-state index in [1.54, 1.807) is 85.8 Å². The molecule has 0 aliphatic heterocycles. The van der Waals surface area contributed by atoms with Crippen LogP contribution < -0.4 is 20.7 Å². The number of halogens is 4. The second-order valence-corrected chi connectivity index (χ2v) is 12.3. The Morgan fingerprint density at radius 3 is 2.06 bits per heavy atom. The molecule has 5 aromatic rings. The molecular formula is C39H31F4N3O4S. The molecule has 51 heavy (non-hydrogen) atoms. The summed E-state index contributed by atoms with van der Waals surface area (Å²) in [4.78, 5) is 40.1. The minimum absolute atomic E-state index is 0.0543. The van der Waals surface area contributed by atoms with E-state index in [-0.39, 0.29) is 18.2 Å². The van der Waals surface area contributed by atoms with Crippen LogP contribution in [0.5, 0.6) is 5.75 Å². The van der Waals surface area contributed by atoms with Crippen LogP contribution in [-0.4, -0.2) is 23.0 Å². The van der Waals surface area contributed by atoms with E-state index in [9.17, 15) is 31.9 Å². The largest absolute Gasteiger partial charge is 0.489 e. The van der Waals surface area contributed by atoms with E-state index in [1.165, 1.54) is 6.08 Å². The highest BCUT2D eigenvalue weighted by atomic mass is 32.2. The Balaban J connectivity index is 1.31. The standard InChI is InChI=1S/C39H31F4N3O4S/c1-2-33(39(49)46-36-34(42)30(40)22-31(41)35(36)43)51-29-15-9-14-27(21-29)44-38(48)32(45-37(47)26-12-7-4-8-13-26)20-24-16-18-28(19-17-24)50-23-25-10-5-3-6-11-25/h3-22,33H,2,23H2,1H3,(H,44,48)(H,45,47)(H,46,49)/b32-20+. The smallest absolute Gasteiger partial charge is 0.272 e. The van der Waals surface area contributed by atoms with Crippen molar-refractivity contribution in [3.05, 3.63) is 161 Å². The number of carbonyl (C=O) groups excluding carboxylic acids is 3. The summed E-state index contributed by atoms with van der Waals surface area (Å²) in [5.74, 6) is -8.16. The maximum atomic E-state index is 14.2. The Morgan fingerprint density at radius 1 is 0.765 bits per heavy atom. The van der Waals surface area contributed by atoms with Crippen molar-refractivity contribution in [3.63, 3.8) is 0 Å². The van der Waals surface area contributed by atoms with Crippen LogP contribution in [-0.2, 0) is 16.2 Å². The lowest BCUT2D eigenvalue weighted by atomic mass is 10.1. The van der Waals surface area contributed by atoms with Crippen LogP contribution in [0.4, 0.5) is 28.9 Å². The molecule has 3 amide bonds. The average molecular weight is 714 g/mol. The van der Waals surface area contributed by atoms with Crippen molar-refractivity contribution in [2.45, 2.75) is 30.1 Å². The summed E-state index contributed by atoms with van der Waals surface area (Å²) in [5, 5.41) is 6.46. The third kappa shape index (κ3) is 9.86. The lowest BCUT2D eigenvalue weighted by Crippen LogP contribution is -2.30. The highest BCUT2D eigenvalue weighted by Crippen LogP contribution is 2.30.